The van der Waals surface area contributed by atoms with Crippen LogP contribution in [-0.2, 0) is 4.74 Å². The van der Waals surface area contributed by atoms with E-state index >= 15 is 0 Å². The highest BCUT2D eigenvalue weighted by Gasteiger charge is 2.16. The maximum Gasteiger partial charge on any atom is 0.133 e. The third kappa shape index (κ3) is 4.80. The van der Waals surface area contributed by atoms with Crippen molar-refractivity contribution in [2.75, 3.05) is 38.3 Å². The Morgan fingerprint density at radius 1 is 1.50 bits per heavy atom. The number of hydrogen-bond acceptors (Lipinski definition) is 5. The third-order valence-corrected chi connectivity index (χ3v) is 3.15. The van der Waals surface area contributed by atoms with Gasteiger partial charge in [0.15, 0.2) is 0 Å². The Bertz CT molecular complexity index is 430. The van der Waals surface area contributed by atoms with Crippen molar-refractivity contribution in [3.8, 4) is 6.07 Å². The van der Waals surface area contributed by atoms with Crippen molar-refractivity contribution in [3.05, 3.63) is 23.9 Å². The van der Waals surface area contributed by atoms with E-state index in [1.165, 1.54) is 0 Å². The van der Waals surface area contributed by atoms with E-state index in [1.807, 2.05) is 6.07 Å². The minimum Gasteiger partial charge on any atom is -0.383 e. The van der Waals surface area contributed by atoms with Crippen molar-refractivity contribution in [1.82, 2.24) is 10.3 Å². The van der Waals surface area contributed by atoms with Crippen molar-refractivity contribution < 1.29 is 4.74 Å². The molecule has 0 saturated heterocycles. The number of pyridine rings is 1. The molecule has 20 heavy (non-hydrogen) atoms. The summed E-state index contributed by atoms with van der Waals surface area (Å²) in [5.74, 6) is 0.938. The van der Waals surface area contributed by atoms with Crippen LogP contribution < -0.4 is 10.2 Å². The predicted molar refractivity (Wildman–Crippen MR) is 80.6 cm³/mol. The Balaban J connectivity index is 2.95. The molecule has 5 nitrogen and oxygen atoms in total. The minimum absolute atomic E-state index is 0.232. The summed E-state index contributed by atoms with van der Waals surface area (Å²) < 4.78 is 5.15. The molecule has 0 spiro atoms. The van der Waals surface area contributed by atoms with Crippen LogP contribution in [0.1, 0.15) is 31.9 Å². The molecule has 1 aromatic heterocycles. The van der Waals surface area contributed by atoms with E-state index in [0.717, 1.165) is 24.5 Å². The molecular weight excluding hydrogens is 252 g/mol. The molecular formula is C15H24N4O. The number of methoxy groups -OCH3 is 1. The Labute approximate surface area is 121 Å². The fraction of sp³-hybridized carbons (Fsp3) is 0.600. The van der Waals surface area contributed by atoms with Crippen molar-refractivity contribution in [3.63, 3.8) is 0 Å². The van der Waals surface area contributed by atoms with E-state index in [9.17, 15) is 0 Å². The van der Waals surface area contributed by atoms with E-state index in [1.54, 1.807) is 13.3 Å². The summed E-state index contributed by atoms with van der Waals surface area (Å²) in [4.78, 5) is 6.63. The zero-order valence-corrected chi connectivity index (χ0v) is 12.6. The molecule has 0 aromatic carbocycles. The maximum atomic E-state index is 8.81. The topological polar surface area (TPSA) is 61.2 Å². The van der Waals surface area contributed by atoms with Crippen LogP contribution in [0, 0.1) is 11.3 Å². The number of nitriles is 1. The normalized spacial score (nSPS) is 11.9. The van der Waals surface area contributed by atoms with Gasteiger partial charge < -0.3 is 15.0 Å². The first-order chi connectivity index (χ1) is 9.74. The van der Waals surface area contributed by atoms with Gasteiger partial charge >= 0.3 is 0 Å². The van der Waals surface area contributed by atoms with Crippen molar-refractivity contribution in [1.29, 1.82) is 5.26 Å². The van der Waals surface area contributed by atoms with E-state index in [2.05, 4.69) is 41.2 Å². The molecule has 1 heterocycles. The molecule has 0 aliphatic heterocycles. The second kappa shape index (κ2) is 9.29. The lowest BCUT2D eigenvalue weighted by atomic mass is 10.1. The van der Waals surface area contributed by atoms with E-state index in [0.29, 0.717) is 19.6 Å². The van der Waals surface area contributed by atoms with Gasteiger partial charge in [0.2, 0.25) is 0 Å². The molecule has 0 bridgehead atoms. The van der Waals surface area contributed by atoms with Gasteiger partial charge in [0.1, 0.15) is 5.82 Å². The Morgan fingerprint density at radius 3 is 2.95 bits per heavy atom. The smallest absolute Gasteiger partial charge is 0.133 e. The van der Waals surface area contributed by atoms with E-state index in [-0.39, 0.29) is 6.04 Å². The minimum atomic E-state index is 0.232. The van der Waals surface area contributed by atoms with E-state index < -0.39 is 0 Å². The molecule has 1 aromatic rings. The number of nitrogens with one attached hydrogen (secondary N) is 1. The molecule has 0 fully saturated rings. The SMILES string of the molecule is CCNC(C)c1cccnc1N(CCC#N)CCOC. The lowest BCUT2D eigenvalue weighted by Crippen LogP contribution is -2.31. The third-order valence-electron chi connectivity index (χ3n) is 3.15. The first-order valence-corrected chi connectivity index (χ1v) is 7.03. The lowest BCUT2D eigenvalue weighted by molar-refractivity contribution is 0.205. The monoisotopic (exact) mass is 276 g/mol. The van der Waals surface area contributed by atoms with Crippen LogP contribution in [0.4, 0.5) is 5.82 Å². The van der Waals surface area contributed by atoms with Gasteiger partial charge in [0, 0.05) is 38.0 Å². The van der Waals surface area contributed by atoms with Gasteiger partial charge in [-0.1, -0.05) is 13.0 Å². The Morgan fingerprint density at radius 2 is 2.30 bits per heavy atom. The summed E-state index contributed by atoms with van der Waals surface area (Å²) in [6.45, 7) is 7.15. The fourth-order valence-electron chi connectivity index (χ4n) is 2.14. The van der Waals surface area contributed by atoms with Gasteiger partial charge in [0.05, 0.1) is 19.1 Å². The summed E-state index contributed by atoms with van der Waals surface area (Å²) in [5, 5.41) is 12.2. The molecule has 0 aliphatic carbocycles. The molecule has 5 heteroatoms. The number of nitrogens with zero attached hydrogens (tertiary/aromatic N) is 3. The number of hydrogen-bond donors (Lipinski definition) is 1. The number of ether oxygens (including phenoxy) is 1. The quantitative estimate of drug-likeness (QED) is 0.748. The zero-order valence-electron chi connectivity index (χ0n) is 12.6. The first kappa shape index (κ1) is 16.4. The van der Waals surface area contributed by atoms with Crippen LogP contribution in [-0.4, -0.2) is 38.3 Å². The van der Waals surface area contributed by atoms with Crippen LogP contribution in [0.5, 0.6) is 0 Å². The van der Waals surface area contributed by atoms with Gasteiger partial charge in [-0.05, 0) is 19.5 Å². The van der Waals surface area contributed by atoms with Crippen molar-refractivity contribution in [2.24, 2.45) is 0 Å². The number of anilines is 1. The maximum absolute atomic E-state index is 8.81. The van der Waals surface area contributed by atoms with Crippen LogP contribution in [0.25, 0.3) is 0 Å². The fourth-order valence-corrected chi connectivity index (χ4v) is 2.14. The first-order valence-electron chi connectivity index (χ1n) is 7.03. The average molecular weight is 276 g/mol. The number of aromatic nitrogens is 1. The largest absolute Gasteiger partial charge is 0.383 e. The molecule has 1 unspecified atom stereocenters. The Kier molecular flexibility index (Phi) is 7.63. The molecule has 1 atom stereocenters. The van der Waals surface area contributed by atoms with Crippen molar-refractivity contribution >= 4 is 5.82 Å². The standard InChI is InChI=1S/C15H24N4O/c1-4-17-13(2)14-7-5-9-18-15(14)19(10-6-8-16)11-12-20-3/h5,7,9,13,17H,4,6,10-12H2,1-3H3. The zero-order chi connectivity index (χ0) is 14.8. The molecule has 0 radical (unpaired) electrons. The molecule has 1 N–H and O–H groups in total. The van der Waals surface area contributed by atoms with Crippen LogP contribution in [0.3, 0.4) is 0 Å². The lowest BCUT2D eigenvalue weighted by Gasteiger charge is -2.27. The van der Waals surface area contributed by atoms with E-state index in [4.69, 9.17) is 10.00 Å². The van der Waals surface area contributed by atoms with Crippen molar-refractivity contribution in [2.45, 2.75) is 26.3 Å². The van der Waals surface area contributed by atoms with Crippen LogP contribution in [0.2, 0.25) is 0 Å². The number of rotatable bonds is 9. The van der Waals surface area contributed by atoms with Gasteiger partial charge in [-0.25, -0.2) is 4.98 Å². The molecule has 110 valence electrons. The van der Waals surface area contributed by atoms with Crippen LogP contribution in [0.15, 0.2) is 18.3 Å². The van der Waals surface area contributed by atoms with Gasteiger partial charge in [-0.15, -0.1) is 0 Å². The van der Waals surface area contributed by atoms with Gasteiger partial charge in [0.25, 0.3) is 0 Å². The summed E-state index contributed by atoms with van der Waals surface area (Å²) in [7, 11) is 1.68. The molecule has 1 rings (SSSR count). The summed E-state index contributed by atoms with van der Waals surface area (Å²) in [5.41, 5.74) is 1.16. The highest BCUT2D eigenvalue weighted by atomic mass is 16.5. The summed E-state index contributed by atoms with van der Waals surface area (Å²) >= 11 is 0. The highest BCUT2D eigenvalue weighted by Crippen LogP contribution is 2.23. The van der Waals surface area contributed by atoms with Crippen LogP contribution >= 0.6 is 0 Å². The molecule has 0 amide bonds. The van der Waals surface area contributed by atoms with Gasteiger partial charge in [-0.3, -0.25) is 0 Å². The predicted octanol–water partition coefficient (Wildman–Crippen LogP) is 2.12. The summed E-state index contributed by atoms with van der Waals surface area (Å²) in [6, 6.07) is 6.46. The second-order valence-electron chi connectivity index (χ2n) is 4.58. The molecule has 0 aliphatic rings. The molecule has 0 saturated carbocycles. The summed E-state index contributed by atoms with van der Waals surface area (Å²) in [6.07, 6.45) is 2.28. The second-order valence-corrected chi connectivity index (χ2v) is 4.58. The average Bonchev–Trinajstić information content (AvgIpc) is 2.48. The Hall–Kier alpha value is -1.64. The highest BCUT2D eigenvalue weighted by molar-refractivity contribution is 5.48. The van der Waals surface area contributed by atoms with Gasteiger partial charge in [-0.2, -0.15) is 5.26 Å².